The zero-order valence-electron chi connectivity index (χ0n) is 15.9. The lowest BCUT2D eigenvalue weighted by atomic mass is 10.1. The van der Waals surface area contributed by atoms with Crippen LogP contribution < -0.4 is 9.62 Å². The number of anilines is 1. The van der Waals surface area contributed by atoms with Crippen LogP contribution in [0.5, 0.6) is 0 Å². The second kappa shape index (κ2) is 8.63. The van der Waals surface area contributed by atoms with E-state index >= 15 is 0 Å². The van der Waals surface area contributed by atoms with E-state index in [1.165, 1.54) is 19.2 Å². The Kier molecular flexibility index (Phi) is 6.20. The van der Waals surface area contributed by atoms with E-state index in [1.807, 2.05) is 19.1 Å². The van der Waals surface area contributed by atoms with E-state index in [1.54, 1.807) is 48.8 Å². The number of aromatic nitrogens is 1. The molecule has 0 saturated carbocycles. The fourth-order valence-electron chi connectivity index (χ4n) is 2.78. The Bertz CT molecular complexity index is 1120. The minimum absolute atomic E-state index is 0.0178. The number of carbonyl (C=O) groups is 1. The van der Waals surface area contributed by atoms with Crippen molar-refractivity contribution in [3.63, 3.8) is 0 Å². The van der Waals surface area contributed by atoms with Crippen molar-refractivity contribution in [1.29, 1.82) is 0 Å². The number of carbonyl (C=O) groups excluding carboxylic acids is 1. The molecule has 1 N–H and O–H groups in total. The summed E-state index contributed by atoms with van der Waals surface area (Å²) >= 11 is 5.97. The molecule has 0 aliphatic rings. The highest BCUT2D eigenvalue weighted by atomic mass is 35.5. The lowest BCUT2D eigenvalue weighted by Gasteiger charge is -2.20. The highest BCUT2D eigenvalue weighted by Crippen LogP contribution is 2.25. The Labute approximate surface area is 175 Å². The lowest BCUT2D eigenvalue weighted by molar-refractivity contribution is 0.0939. The molecule has 0 aliphatic heterocycles. The number of nitrogens with zero attached hydrogens (tertiary/aromatic N) is 2. The maximum atomic E-state index is 13.0. The number of pyridine rings is 1. The van der Waals surface area contributed by atoms with Crippen LogP contribution in [0.3, 0.4) is 0 Å². The van der Waals surface area contributed by atoms with E-state index in [9.17, 15) is 13.2 Å². The summed E-state index contributed by atoms with van der Waals surface area (Å²) in [6.45, 7) is 1.85. The van der Waals surface area contributed by atoms with Gasteiger partial charge in [-0.15, -0.1) is 0 Å². The fraction of sp³-hybridized carbons (Fsp3) is 0.143. The van der Waals surface area contributed by atoms with Gasteiger partial charge in [0, 0.05) is 30.0 Å². The predicted molar refractivity (Wildman–Crippen MR) is 114 cm³/mol. The minimum atomic E-state index is -3.86. The molecule has 0 radical (unpaired) electrons. The smallest absolute Gasteiger partial charge is 0.264 e. The summed E-state index contributed by atoms with van der Waals surface area (Å²) < 4.78 is 27.1. The van der Waals surface area contributed by atoms with Gasteiger partial charge < -0.3 is 5.32 Å². The molecule has 1 amide bonds. The number of amides is 1. The Morgan fingerprint density at radius 2 is 1.76 bits per heavy atom. The Morgan fingerprint density at radius 1 is 1.07 bits per heavy atom. The first kappa shape index (κ1) is 20.8. The summed E-state index contributed by atoms with van der Waals surface area (Å²) in [7, 11) is -2.42. The fourth-order valence-corrected chi connectivity index (χ4v) is 4.20. The van der Waals surface area contributed by atoms with Crippen molar-refractivity contribution in [2.75, 3.05) is 11.4 Å². The normalized spacial score (nSPS) is 12.2. The first-order chi connectivity index (χ1) is 13.8. The number of sulfonamides is 1. The lowest BCUT2D eigenvalue weighted by Crippen LogP contribution is -2.28. The van der Waals surface area contributed by atoms with Crippen LogP contribution >= 0.6 is 11.6 Å². The molecular formula is C21H20ClN3O3S. The molecule has 0 bridgehead atoms. The number of hydrogen-bond donors (Lipinski definition) is 1. The van der Waals surface area contributed by atoms with Crippen LogP contribution in [0.15, 0.2) is 78.0 Å². The molecule has 150 valence electrons. The van der Waals surface area contributed by atoms with E-state index in [0.29, 0.717) is 10.7 Å². The van der Waals surface area contributed by atoms with Crippen LogP contribution in [0.1, 0.15) is 28.9 Å². The second-order valence-corrected chi connectivity index (χ2v) is 8.86. The van der Waals surface area contributed by atoms with Crippen molar-refractivity contribution in [1.82, 2.24) is 10.3 Å². The molecule has 1 unspecified atom stereocenters. The molecule has 2 aromatic carbocycles. The van der Waals surface area contributed by atoms with Gasteiger partial charge in [-0.25, -0.2) is 8.42 Å². The first-order valence-corrected chi connectivity index (χ1v) is 10.7. The van der Waals surface area contributed by atoms with Gasteiger partial charge in [0.1, 0.15) is 0 Å². The topological polar surface area (TPSA) is 79.4 Å². The van der Waals surface area contributed by atoms with E-state index in [0.717, 1.165) is 9.87 Å². The largest absolute Gasteiger partial charge is 0.346 e. The van der Waals surface area contributed by atoms with Crippen molar-refractivity contribution >= 4 is 33.2 Å². The highest BCUT2D eigenvalue weighted by molar-refractivity contribution is 7.92. The Morgan fingerprint density at radius 3 is 2.45 bits per heavy atom. The van der Waals surface area contributed by atoms with Crippen molar-refractivity contribution in [3.05, 3.63) is 89.2 Å². The molecule has 1 heterocycles. The Hall–Kier alpha value is -2.90. The average Bonchev–Trinajstić information content (AvgIpc) is 2.73. The quantitative estimate of drug-likeness (QED) is 0.641. The van der Waals surface area contributed by atoms with Crippen LogP contribution in [0.4, 0.5) is 5.69 Å². The number of rotatable bonds is 6. The van der Waals surface area contributed by atoms with Gasteiger partial charge in [0.2, 0.25) is 0 Å². The molecule has 1 atom stereocenters. The Balaban J connectivity index is 1.83. The van der Waals surface area contributed by atoms with Gasteiger partial charge in [0.25, 0.3) is 15.9 Å². The molecule has 3 rings (SSSR count). The van der Waals surface area contributed by atoms with Gasteiger partial charge in [0.15, 0.2) is 0 Å². The monoisotopic (exact) mass is 429 g/mol. The molecule has 0 spiro atoms. The van der Waals surface area contributed by atoms with E-state index in [2.05, 4.69) is 10.3 Å². The summed E-state index contributed by atoms with van der Waals surface area (Å²) in [5.41, 5.74) is 1.59. The molecular weight excluding hydrogens is 410 g/mol. The summed E-state index contributed by atoms with van der Waals surface area (Å²) in [6.07, 6.45) is 3.30. The van der Waals surface area contributed by atoms with Gasteiger partial charge in [-0.05, 0) is 61.0 Å². The third-order valence-corrected chi connectivity index (χ3v) is 6.50. The van der Waals surface area contributed by atoms with Crippen molar-refractivity contribution in [2.45, 2.75) is 17.9 Å². The van der Waals surface area contributed by atoms with Crippen LogP contribution in [0.25, 0.3) is 0 Å². The van der Waals surface area contributed by atoms with Gasteiger partial charge in [-0.1, -0.05) is 23.7 Å². The molecule has 0 fully saturated rings. The molecule has 6 nitrogen and oxygen atoms in total. The zero-order chi connectivity index (χ0) is 21.0. The second-order valence-electron chi connectivity index (χ2n) is 6.46. The van der Waals surface area contributed by atoms with Gasteiger partial charge in [0.05, 0.1) is 16.6 Å². The predicted octanol–water partition coefficient (Wildman–Crippen LogP) is 4.05. The standard InChI is InChI=1S/C21H20ClN3O3S/c1-15(16-9-11-23-12-10-16)24-21(26)17-5-3-8-20(13-17)29(27,28)25(2)19-7-4-6-18(22)14-19/h3-15H,1-2H3,(H,24,26). The zero-order valence-corrected chi connectivity index (χ0v) is 17.5. The maximum Gasteiger partial charge on any atom is 0.264 e. The van der Waals surface area contributed by atoms with Gasteiger partial charge in [-0.3, -0.25) is 14.1 Å². The van der Waals surface area contributed by atoms with E-state index < -0.39 is 10.0 Å². The van der Waals surface area contributed by atoms with Crippen LogP contribution in [0, 0.1) is 0 Å². The van der Waals surface area contributed by atoms with Crippen molar-refractivity contribution in [3.8, 4) is 0 Å². The third-order valence-electron chi connectivity index (χ3n) is 4.48. The highest BCUT2D eigenvalue weighted by Gasteiger charge is 2.23. The number of nitrogens with one attached hydrogen (secondary N) is 1. The van der Waals surface area contributed by atoms with Crippen LogP contribution in [-0.2, 0) is 10.0 Å². The maximum absolute atomic E-state index is 13.0. The van der Waals surface area contributed by atoms with Gasteiger partial charge >= 0.3 is 0 Å². The van der Waals surface area contributed by atoms with E-state index in [4.69, 9.17) is 11.6 Å². The first-order valence-electron chi connectivity index (χ1n) is 8.84. The SMILES string of the molecule is CC(NC(=O)c1cccc(S(=O)(=O)N(C)c2cccc(Cl)c2)c1)c1ccncc1. The molecule has 0 saturated heterocycles. The number of benzene rings is 2. The number of halogens is 1. The molecule has 29 heavy (non-hydrogen) atoms. The third kappa shape index (κ3) is 4.75. The number of hydrogen-bond acceptors (Lipinski definition) is 4. The molecule has 0 aliphatic carbocycles. The van der Waals surface area contributed by atoms with Crippen molar-refractivity contribution in [2.24, 2.45) is 0 Å². The van der Waals surface area contributed by atoms with Crippen LogP contribution in [-0.4, -0.2) is 26.4 Å². The van der Waals surface area contributed by atoms with Crippen molar-refractivity contribution < 1.29 is 13.2 Å². The van der Waals surface area contributed by atoms with Crippen LogP contribution in [0.2, 0.25) is 5.02 Å². The summed E-state index contributed by atoms with van der Waals surface area (Å²) in [5, 5.41) is 3.30. The average molecular weight is 430 g/mol. The molecule has 8 heteroatoms. The molecule has 1 aromatic heterocycles. The van der Waals surface area contributed by atoms with Gasteiger partial charge in [-0.2, -0.15) is 0 Å². The summed E-state index contributed by atoms with van der Waals surface area (Å²) in [4.78, 5) is 16.6. The molecule has 3 aromatic rings. The summed E-state index contributed by atoms with van der Waals surface area (Å²) in [6, 6.07) is 15.9. The van der Waals surface area contributed by atoms with E-state index in [-0.39, 0.29) is 22.4 Å². The minimum Gasteiger partial charge on any atom is -0.346 e. The summed E-state index contributed by atoms with van der Waals surface area (Å²) in [5.74, 6) is -0.364.